The molecule has 0 saturated heterocycles. The normalized spacial score (nSPS) is 12.9. The minimum atomic E-state index is -0.627. The maximum absolute atomic E-state index is 7.28. The number of rotatable bonds is 5. The van der Waals surface area contributed by atoms with Gasteiger partial charge in [0.05, 0.1) is 5.41 Å². The first-order valence-corrected chi connectivity index (χ1v) is 19.2. The van der Waals surface area contributed by atoms with E-state index >= 15 is 0 Å². The fourth-order valence-corrected chi connectivity index (χ4v) is 8.87. The van der Waals surface area contributed by atoms with Crippen molar-refractivity contribution >= 4 is 5.69 Å². The average molecular weight is 731 g/mol. The maximum atomic E-state index is 7.28. The number of anilines is 1. The van der Waals surface area contributed by atoms with Crippen molar-refractivity contribution in [3.8, 4) is 79.0 Å². The highest BCUT2D eigenvalue weighted by atomic mass is 16.5. The minimum Gasteiger partial charge on any atom is -0.455 e. The van der Waals surface area contributed by atoms with Crippen LogP contribution in [0.15, 0.2) is 194 Å². The quantitative estimate of drug-likeness (QED) is 0.178. The second-order valence-electron chi connectivity index (χ2n) is 14.5. The zero-order valence-corrected chi connectivity index (χ0v) is 30.8. The van der Waals surface area contributed by atoms with Gasteiger partial charge in [-0.2, -0.15) is 0 Å². The summed E-state index contributed by atoms with van der Waals surface area (Å²) in [7, 11) is 0. The number of hydrogen-bond donors (Lipinski definition) is 1. The molecule has 2 aliphatic rings. The smallest absolute Gasteiger partial charge is 0.164 e. The average Bonchev–Trinajstić information content (AvgIpc) is 3.57. The molecule has 0 unspecified atom stereocenters. The first kappa shape index (κ1) is 32.8. The van der Waals surface area contributed by atoms with Crippen molar-refractivity contribution in [2.45, 2.75) is 5.41 Å². The number of benzene rings is 8. The number of hydrogen-bond acceptors (Lipinski definition) is 5. The Kier molecular flexibility index (Phi) is 7.47. The second-order valence-corrected chi connectivity index (χ2v) is 14.5. The van der Waals surface area contributed by atoms with Gasteiger partial charge >= 0.3 is 0 Å². The van der Waals surface area contributed by atoms with E-state index in [2.05, 4.69) is 115 Å². The monoisotopic (exact) mass is 730 g/mol. The molecule has 1 aliphatic carbocycles. The fraction of sp³-hybridized carbons (Fsp3) is 0.0192. The van der Waals surface area contributed by atoms with Crippen LogP contribution in [-0.4, -0.2) is 15.0 Å². The number of nitrogens with zero attached hydrogens (tertiary/aromatic N) is 3. The molecule has 57 heavy (non-hydrogen) atoms. The van der Waals surface area contributed by atoms with Crippen LogP contribution in [0.2, 0.25) is 0 Å². The maximum Gasteiger partial charge on any atom is 0.164 e. The summed E-state index contributed by atoms with van der Waals surface area (Å²) in [5.74, 6) is 3.50. The molecule has 268 valence electrons. The van der Waals surface area contributed by atoms with Crippen LogP contribution < -0.4 is 10.5 Å². The van der Waals surface area contributed by atoms with Crippen molar-refractivity contribution in [3.05, 3.63) is 216 Å². The van der Waals surface area contributed by atoms with Gasteiger partial charge in [-0.25, -0.2) is 15.0 Å². The van der Waals surface area contributed by atoms with E-state index in [1.165, 1.54) is 22.3 Å². The largest absolute Gasteiger partial charge is 0.455 e. The van der Waals surface area contributed by atoms with E-state index in [1.807, 2.05) is 78.9 Å². The predicted octanol–water partition coefficient (Wildman–Crippen LogP) is 12.3. The van der Waals surface area contributed by atoms with Gasteiger partial charge in [0.15, 0.2) is 17.5 Å². The number of fused-ring (bicyclic) bond motifs is 9. The number of ether oxygens (including phenoxy) is 1. The standard InChI is InChI=1S/C52H34N4O/c53-46-28-12-9-21-40(46)41-23-14-27-45-48(41)57-47-37(22-13-26-44(47)52(45)42-24-10-7-19-38(42)39-20-8-11-25-43(39)52)33-29-31-36(32-30-33)51-55-49(34-15-3-1-4-16-34)54-50(56-51)35-17-5-2-6-18-35/h1-32H,53H2. The van der Waals surface area contributed by atoms with E-state index in [-0.39, 0.29) is 0 Å². The molecule has 11 rings (SSSR count). The molecule has 5 nitrogen and oxygen atoms in total. The predicted molar refractivity (Wildman–Crippen MR) is 229 cm³/mol. The molecule has 0 radical (unpaired) electrons. The van der Waals surface area contributed by atoms with Gasteiger partial charge < -0.3 is 10.5 Å². The molecule has 0 fully saturated rings. The Hall–Kier alpha value is -7.63. The van der Waals surface area contributed by atoms with Crippen molar-refractivity contribution in [1.29, 1.82) is 0 Å². The van der Waals surface area contributed by atoms with Gasteiger partial charge in [0.1, 0.15) is 11.5 Å². The van der Waals surface area contributed by atoms with Crippen LogP contribution in [-0.2, 0) is 5.41 Å². The first-order chi connectivity index (χ1) is 28.2. The van der Waals surface area contributed by atoms with Crippen LogP contribution in [0.25, 0.3) is 67.5 Å². The SMILES string of the molecule is Nc1ccccc1-c1cccc2c1Oc1c(-c3ccc(-c4nc(-c5ccccc5)nc(-c5ccccc5)n4)cc3)cccc1C21c2ccccc2-c2ccccc21. The lowest BCUT2D eigenvalue weighted by molar-refractivity contribution is 0.440. The summed E-state index contributed by atoms with van der Waals surface area (Å²) in [4.78, 5) is 14.8. The summed E-state index contributed by atoms with van der Waals surface area (Å²) in [6, 6.07) is 67.2. The van der Waals surface area contributed by atoms with Crippen molar-refractivity contribution in [2.24, 2.45) is 0 Å². The van der Waals surface area contributed by atoms with E-state index in [1.54, 1.807) is 0 Å². The number of nitrogen functional groups attached to an aromatic ring is 1. The number of para-hydroxylation sites is 3. The molecular formula is C52H34N4O. The number of aromatic nitrogens is 3. The van der Waals surface area contributed by atoms with E-state index in [9.17, 15) is 0 Å². The Balaban J connectivity index is 1.11. The molecule has 2 heterocycles. The summed E-state index contributed by atoms with van der Waals surface area (Å²) in [5.41, 5.74) is 20.6. The molecule has 1 aliphatic heterocycles. The third-order valence-corrected chi connectivity index (χ3v) is 11.4. The van der Waals surface area contributed by atoms with Crippen molar-refractivity contribution in [1.82, 2.24) is 15.0 Å². The summed E-state index contributed by atoms with van der Waals surface area (Å²) < 4.78 is 7.28. The lowest BCUT2D eigenvalue weighted by Crippen LogP contribution is -2.32. The molecule has 0 bridgehead atoms. The molecule has 2 N–H and O–H groups in total. The Morgan fingerprint density at radius 3 is 1.25 bits per heavy atom. The van der Waals surface area contributed by atoms with Gasteiger partial charge in [-0.05, 0) is 33.9 Å². The summed E-state index contributed by atoms with van der Waals surface area (Å²) in [6.07, 6.45) is 0. The van der Waals surface area contributed by atoms with Gasteiger partial charge in [-0.1, -0.05) is 188 Å². The van der Waals surface area contributed by atoms with Crippen LogP contribution in [0, 0.1) is 0 Å². The summed E-state index contributed by atoms with van der Waals surface area (Å²) in [5, 5.41) is 0. The second kappa shape index (κ2) is 13.0. The third kappa shape index (κ3) is 5.06. The molecule has 5 heteroatoms. The molecule has 1 spiro atoms. The topological polar surface area (TPSA) is 73.9 Å². The highest BCUT2D eigenvalue weighted by molar-refractivity contribution is 5.93. The van der Waals surface area contributed by atoms with Crippen LogP contribution in [0.4, 0.5) is 5.69 Å². The van der Waals surface area contributed by atoms with Crippen LogP contribution in [0.5, 0.6) is 11.5 Å². The van der Waals surface area contributed by atoms with Gasteiger partial charge in [0, 0.05) is 50.2 Å². The minimum absolute atomic E-state index is 0.609. The first-order valence-electron chi connectivity index (χ1n) is 19.2. The molecule has 9 aromatic rings. The Morgan fingerprint density at radius 2 is 0.702 bits per heavy atom. The van der Waals surface area contributed by atoms with Crippen molar-refractivity contribution in [2.75, 3.05) is 5.73 Å². The van der Waals surface area contributed by atoms with Crippen LogP contribution in [0.3, 0.4) is 0 Å². The zero-order valence-electron chi connectivity index (χ0n) is 30.8. The van der Waals surface area contributed by atoms with E-state index in [0.29, 0.717) is 23.2 Å². The summed E-state index contributed by atoms with van der Waals surface area (Å²) in [6.45, 7) is 0. The Bertz CT molecular complexity index is 2890. The summed E-state index contributed by atoms with van der Waals surface area (Å²) >= 11 is 0. The molecule has 1 aromatic heterocycles. The van der Waals surface area contributed by atoms with Crippen molar-refractivity contribution < 1.29 is 4.74 Å². The Labute approximate surface area is 330 Å². The van der Waals surface area contributed by atoms with E-state index < -0.39 is 5.41 Å². The van der Waals surface area contributed by atoms with Crippen LogP contribution >= 0.6 is 0 Å². The zero-order chi connectivity index (χ0) is 37.9. The lowest BCUT2D eigenvalue weighted by atomic mass is 9.65. The van der Waals surface area contributed by atoms with Gasteiger partial charge in [-0.3, -0.25) is 0 Å². The molecule has 0 saturated carbocycles. The molecule has 0 amide bonds. The number of nitrogens with two attached hydrogens (primary N) is 1. The Morgan fingerprint density at radius 1 is 0.316 bits per heavy atom. The molecule has 0 atom stereocenters. The van der Waals surface area contributed by atoms with Crippen molar-refractivity contribution in [3.63, 3.8) is 0 Å². The van der Waals surface area contributed by atoms with Gasteiger partial charge in [0.25, 0.3) is 0 Å². The van der Waals surface area contributed by atoms with Gasteiger partial charge in [0.2, 0.25) is 0 Å². The highest BCUT2D eigenvalue weighted by Crippen LogP contribution is 2.64. The molecular weight excluding hydrogens is 697 g/mol. The van der Waals surface area contributed by atoms with E-state index in [4.69, 9.17) is 25.4 Å². The third-order valence-electron chi connectivity index (χ3n) is 11.4. The molecule has 8 aromatic carbocycles. The lowest BCUT2D eigenvalue weighted by Gasteiger charge is -2.41. The highest BCUT2D eigenvalue weighted by Gasteiger charge is 2.52. The van der Waals surface area contributed by atoms with Gasteiger partial charge in [-0.15, -0.1) is 0 Å². The van der Waals surface area contributed by atoms with E-state index in [0.717, 1.165) is 61.6 Å². The van der Waals surface area contributed by atoms with Crippen LogP contribution in [0.1, 0.15) is 22.3 Å². The fourth-order valence-electron chi connectivity index (χ4n) is 8.87.